The molecule has 1 amide bonds. The number of benzene rings is 3. The average Bonchev–Trinajstić information content (AvgIpc) is 2.93. The van der Waals surface area contributed by atoms with Crippen molar-refractivity contribution in [2.75, 3.05) is 25.0 Å². The van der Waals surface area contributed by atoms with Gasteiger partial charge in [0, 0.05) is 34.7 Å². The van der Waals surface area contributed by atoms with Crippen LogP contribution in [0.15, 0.2) is 77.7 Å². The summed E-state index contributed by atoms with van der Waals surface area (Å²) in [6.07, 6.45) is 0. The second-order valence-corrected chi connectivity index (χ2v) is 11.1. The quantitative estimate of drug-likeness (QED) is 0.261. The number of halogens is 1. The highest BCUT2D eigenvalue weighted by Gasteiger charge is 2.23. The van der Waals surface area contributed by atoms with Gasteiger partial charge in [-0.15, -0.1) is 0 Å². The van der Waals surface area contributed by atoms with Gasteiger partial charge < -0.3 is 10.1 Å². The molecule has 0 saturated carbocycles. The average molecular weight is 566 g/mol. The zero-order valence-corrected chi connectivity index (χ0v) is 23.3. The maximum Gasteiger partial charge on any atom is 0.339 e. The molecular formula is C29H28ClN3O5S. The minimum Gasteiger partial charge on any atom is -0.452 e. The first kappa shape index (κ1) is 28.2. The van der Waals surface area contributed by atoms with E-state index in [-0.39, 0.29) is 10.5 Å². The van der Waals surface area contributed by atoms with Gasteiger partial charge in [0.25, 0.3) is 5.91 Å². The van der Waals surface area contributed by atoms with Crippen LogP contribution in [0.2, 0.25) is 5.02 Å². The van der Waals surface area contributed by atoms with E-state index in [2.05, 4.69) is 10.3 Å². The number of carbonyl (C=O) groups is 2. The van der Waals surface area contributed by atoms with Gasteiger partial charge in [0.1, 0.15) is 0 Å². The number of nitrogens with one attached hydrogen (secondary N) is 1. The molecule has 1 N–H and O–H groups in total. The van der Waals surface area contributed by atoms with Crippen LogP contribution in [0.1, 0.15) is 29.8 Å². The SMILES string of the molecule is CCN(CC)S(=O)(=O)c1ccc(C)c(NC(=O)COC(=O)c2cc(-c3ccc(Cl)cc3)nc3ccccc23)c1. The molecule has 0 unspecified atom stereocenters. The van der Waals surface area contributed by atoms with Gasteiger partial charge >= 0.3 is 5.97 Å². The normalized spacial score (nSPS) is 11.5. The van der Waals surface area contributed by atoms with Gasteiger partial charge in [-0.05, 0) is 48.9 Å². The van der Waals surface area contributed by atoms with Crippen LogP contribution in [-0.2, 0) is 19.6 Å². The zero-order chi connectivity index (χ0) is 28.2. The van der Waals surface area contributed by atoms with Crippen molar-refractivity contribution in [3.8, 4) is 11.3 Å². The highest BCUT2D eigenvalue weighted by atomic mass is 35.5. The maximum atomic E-state index is 13.1. The molecule has 0 spiro atoms. The van der Waals surface area contributed by atoms with E-state index in [1.807, 2.05) is 6.07 Å². The molecule has 10 heteroatoms. The van der Waals surface area contributed by atoms with Crippen molar-refractivity contribution >= 4 is 50.1 Å². The van der Waals surface area contributed by atoms with Crippen molar-refractivity contribution in [3.63, 3.8) is 0 Å². The van der Waals surface area contributed by atoms with E-state index >= 15 is 0 Å². The third-order valence-electron chi connectivity index (χ3n) is 6.24. The molecule has 0 aliphatic carbocycles. The van der Waals surface area contributed by atoms with Gasteiger partial charge in [0.05, 0.1) is 21.7 Å². The highest BCUT2D eigenvalue weighted by molar-refractivity contribution is 7.89. The Bertz CT molecular complexity index is 1640. The van der Waals surface area contributed by atoms with Crippen LogP contribution < -0.4 is 5.32 Å². The summed E-state index contributed by atoms with van der Waals surface area (Å²) in [6, 6.07) is 20.4. The lowest BCUT2D eigenvalue weighted by Crippen LogP contribution is -2.30. The van der Waals surface area contributed by atoms with Gasteiger partial charge in [-0.1, -0.05) is 61.8 Å². The number of anilines is 1. The van der Waals surface area contributed by atoms with Crippen LogP contribution in [0.25, 0.3) is 22.2 Å². The van der Waals surface area contributed by atoms with Gasteiger partial charge in [0.2, 0.25) is 10.0 Å². The van der Waals surface area contributed by atoms with E-state index in [0.717, 1.165) is 5.56 Å². The minimum atomic E-state index is -3.70. The number of fused-ring (bicyclic) bond motifs is 1. The number of sulfonamides is 1. The molecule has 1 aromatic heterocycles. The van der Waals surface area contributed by atoms with Crippen LogP contribution in [-0.4, -0.2) is 49.3 Å². The second kappa shape index (κ2) is 11.9. The predicted octanol–water partition coefficient (Wildman–Crippen LogP) is 5.69. The Morgan fingerprint density at radius 2 is 1.67 bits per heavy atom. The van der Waals surface area contributed by atoms with Gasteiger partial charge in [0.15, 0.2) is 6.61 Å². The third kappa shape index (κ3) is 6.27. The van der Waals surface area contributed by atoms with Crippen LogP contribution >= 0.6 is 11.6 Å². The molecule has 0 saturated heterocycles. The van der Waals surface area contributed by atoms with Gasteiger partial charge in [-0.25, -0.2) is 18.2 Å². The minimum absolute atomic E-state index is 0.0714. The topological polar surface area (TPSA) is 106 Å². The summed E-state index contributed by atoms with van der Waals surface area (Å²) < 4.78 is 32.5. The molecule has 0 aliphatic heterocycles. The molecule has 39 heavy (non-hydrogen) atoms. The Morgan fingerprint density at radius 1 is 0.974 bits per heavy atom. The van der Waals surface area contributed by atoms with Gasteiger partial charge in [-0.3, -0.25) is 4.79 Å². The number of pyridine rings is 1. The number of para-hydroxylation sites is 1. The summed E-state index contributed by atoms with van der Waals surface area (Å²) in [4.78, 5) is 30.5. The zero-order valence-electron chi connectivity index (χ0n) is 21.8. The molecule has 0 bridgehead atoms. The van der Waals surface area contributed by atoms with Crippen LogP contribution in [0.4, 0.5) is 5.69 Å². The van der Waals surface area contributed by atoms with Crippen molar-refractivity contribution < 1.29 is 22.7 Å². The Hall–Kier alpha value is -3.79. The van der Waals surface area contributed by atoms with Crippen LogP contribution in [0.3, 0.4) is 0 Å². The summed E-state index contributed by atoms with van der Waals surface area (Å²) in [5.41, 5.74) is 3.19. The molecule has 4 aromatic rings. The number of ether oxygens (including phenoxy) is 1. The van der Waals surface area contributed by atoms with Crippen molar-refractivity contribution in [1.29, 1.82) is 0 Å². The van der Waals surface area contributed by atoms with Crippen molar-refractivity contribution in [3.05, 3.63) is 88.9 Å². The predicted molar refractivity (Wildman–Crippen MR) is 152 cm³/mol. The fourth-order valence-electron chi connectivity index (χ4n) is 4.12. The highest BCUT2D eigenvalue weighted by Crippen LogP contribution is 2.27. The van der Waals surface area contributed by atoms with E-state index in [1.165, 1.54) is 16.4 Å². The Morgan fingerprint density at radius 3 is 2.36 bits per heavy atom. The largest absolute Gasteiger partial charge is 0.452 e. The van der Waals surface area contributed by atoms with Crippen molar-refractivity contribution in [2.24, 2.45) is 0 Å². The number of aromatic nitrogens is 1. The molecule has 1 heterocycles. The summed E-state index contributed by atoms with van der Waals surface area (Å²) in [7, 11) is -3.70. The number of hydrogen-bond acceptors (Lipinski definition) is 6. The van der Waals surface area contributed by atoms with E-state index in [1.54, 1.807) is 75.4 Å². The Kier molecular flexibility index (Phi) is 8.64. The lowest BCUT2D eigenvalue weighted by molar-refractivity contribution is -0.119. The number of esters is 1. The molecule has 8 nitrogen and oxygen atoms in total. The van der Waals surface area contributed by atoms with E-state index in [0.29, 0.717) is 46.0 Å². The summed E-state index contributed by atoms with van der Waals surface area (Å²) in [5, 5.41) is 3.83. The number of rotatable bonds is 9. The number of carbonyl (C=O) groups excluding carboxylic acids is 2. The van der Waals surface area contributed by atoms with E-state index in [9.17, 15) is 18.0 Å². The molecule has 4 rings (SSSR count). The maximum absolute atomic E-state index is 13.1. The third-order valence-corrected chi connectivity index (χ3v) is 8.53. The molecule has 0 radical (unpaired) electrons. The fourth-order valence-corrected chi connectivity index (χ4v) is 5.73. The van der Waals surface area contributed by atoms with Crippen LogP contribution in [0.5, 0.6) is 0 Å². The van der Waals surface area contributed by atoms with Crippen molar-refractivity contribution in [1.82, 2.24) is 9.29 Å². The molecule has 0 atom stereocenters. The molecule has 0 fully saturated rings. The first-order chi connectivity index (χ1) is 18.6. The molecular weight excluding hydrogens is 538 g/mol. The number of amides is 1. The Balaban J connectivity index is 1.53. The lowest BCUT2D eigenvalue weighted by Gasteiger charge is -2.19. The smallest absolute Gasteiger partial charge is 0.339 e. The standard InChI is InChI=1S/C29H28ClN3O5S/c1-4-33(5-2)39(36,37)22-15-10-19(3)26(16-22)32-28(34)18-38-29(35)24-17-27(20-11-13-21(30)14-12-20)31-25-9-7-6-8-23(24)25/h6-17H,4-5,18H2,1-3H3,(H,32,34). The van der Waals surface area contributed by atoms with E-state index < -0.39 is 28.5 Å². The van der Waals surface area contributed by atoms with E-state index in [4.69, 9.17) is 16.3 Å². The first-order valence-electron chi connectivity index (χ1n) is 12.4. The van der Waals surface area contributed by atoms with Crippen LogP contribution in [0, 0.1) is 6.92 Å². The number of nitrogens with zero attached hydrogens (tertiary/aromatic N) is 2. The number of hydrogen-bond donors (Lipinski definition) is 1. The van der Waals surface area contributed by atoms with Crippen molar-refractivity contribution in [2.45, 2.75) is 25.7 Å². The molecule has 202 valence electrons. The summed E-state index contributed by atoms with van der Waals surface area (Å²) >= 11 is 6.01. The molecule has 3 aromatic carbocycles. The molecule has 0 aliphatic rings. The second-order valence-electron chi connectivity index (χ2n) is 8.77. The monoisotopic (exact) mass is 565 g/mol. The first-order valence-corrected chi connectivity index (χ1v) is 14.2. The number of aryl methyl sites for hydroxylation is 1. The lowest BCUT2D eigenvalue weighted by atomic mass is 10.0. The Labute approximate surface area is 232 Å². The summed E-state index contributed by atoms with van der Waals surface area (Å²) in [5.74, 6) is -1.28. The fraction of sp³-hybridized carbons (Fsp3) is 0.207. The van der Waals surface area contributed by atoms with Gasteiger partial charge in [-0.2, -0.15) is 4.31 Å². The summed E-state index contributed by atoms with van der Waals surface area (Å²) in [6.45, 7) is 5.37.